The van der Waals surface area contributed by atoms with Gasteiger partial charge in [-0.15, -0.1) is 0 Å². The van der Waals surface area contributed by atoms with Crippen LogP contribution in [0.2, 0.25) is 0 Å². The molecule has 0 aromatic heterocycles. The van der Waals surface area contributed by atoms with Crippen molar-refractivity contribution in [3.63, 3.8) is 0 Å². The molecule has 0 atom stereocenters. The summed E-state index contributed by atoms with van der Waals surface area (Å²) >= 11 is 0. The molecule has 130 valence electrons. The van der Waals surface area contributed by atoms with Crippen LogP contribution in [0.15, 0.2) is 24.3 Å². The maximum absolute atomic E-state index is 12.3. The van der Waals surface area contributed by atoms with Crippen molar-refractivity contribution in [2.45, 2.75) is 39.4 Å². The van der Waals surface area contributed by atoms with Crippen LogP contribution >= 0.6 is 0 Å². The van der Waals surface area contributed by atoms with Crippen LogP contribution in [0.25, 0.3) is 0 Å². The van der Waals surface area contributed by atoms with E-state index in [9.17, 15) is 18.0 Å². The van der Waals surface area contributed by atoms with E-state index in [1.165, 1.54) is 12.1 Å². The van der Waals surface area contributed by atoms with Crippen molar-refractivity contribution in [3.05, 3.63) is 29.8 Å². The van der Waals surface area contributed by atoms with Crippen molar-refractivity contribution in [3.8, 4) is 5.75 Å². The van der Waals surface area contributed by atoms with Gasteiger partial charge in [0, 0.05) is 13.1 Å². The van der Waals surface area contributed by atoms with Crippen LogP contribution in [0, 0.1) is 5.41 Å². The first-order valence-corrected chi connectivity index (χ1v) is 7.53. The molecule has 0 aliphatic rings. The van der Waals surface area contributed by atoms with Crippen LogP contribution in [0.5, 0.6) is 5.75 Å². The SMILES string of the molecule is CCC(CC)(CN)C(=O)NCc1cccc(OCC(F)(F)F)c1. The third kappa shape index (κ3) is 5.74. The van der Waals surface area contributed by atoms with Crippen LogP contribution in [-0.4, -0.2) is 25.2 Å². The lowest BCUT2D eigenvalue weighted by atomic mass is 9.81. The van der Waals surface area contributed by atoms with Gasteiger partial charge in [-0.3, -0.25) is 4.79 Å². The van der Waals surface area contributed by atoms with Gasteiger partial charge in [0.15, 0.2) is 6.61 Å². The molecule has 0 spiro atoms. The molecule has 0 saturated carbocycles. The van der Waals surface area contributed by atoms with E-state index in [0.29, 0.717) is 18.4 Å². The summed E-state index contributed by atoms with van der Waals surface area (Å²) in [5, 5.41) is 2.80. The monoisotopic (exact) mass is 332 g/mol. The molecule has 0 bridgehead atoms. The maximum atomic E-state index is 12.3. The first-order valence-electron chi connectivity index (χ1n) is 7.53. The predicted molar refractivity (Wildman–Crippen MR) is 81.9 cm³/mol. The van der Waals surface area contributed by atoms with E-state index in [2.05, 4.69) is 5.32 Å². The van der Waals surface area contributed by atoms with E-state index in [4.69, 9.17) is 10.5 Å². The number of halogens is 3. The number of hydrogen-bond donors (Lipinski definition) is 2. The fraction of sp³-hybridized carbons (Fsp3) is 0.562. The van der Waals surface area contributed by atoms with E-state index in [0.717, 1.165) is 0 Å². The zero-order valence-corrected chi connectivity index (χ0v) is 13.4. The standard InChI is InChI=1S/C16H23F3N2O2/c1-3-15(4-2,10-20)14(22)21-9-12-6-5-7-13(8-12)23-11-16(17,18)19/h5-8H,3-4,9-11,20H2,1-2H3,(H,21,22). The Morgan fingerprint density at radius 3 is 2.43 bits per heavy atom. The summed E-state index contributed by atoms with van der Waals surface area (Å²) in [5.74, 6) is -0.0308. The quantitative estimate of drug-likeness (QED) is 0.769. The number of amides is 1. The fourth-order valence-corrected chi connectivity index (χ4v) is 2.23. The summed E-state index contributed by atoms with van der Waals surface area (Å²) in [4.78, 5) is 12.3. The summed E-state index contributed by atoms with van der Waals surface area (Å²) in [7, 11) is 0. The number of nitrogens with two attached hydrogens (primary N) is 1. The number of carbonyl (C=O) groups is 1. The van der Waals surface area contributed by atoms with Crippen LogP contribution < -0.4 is 15.8 Å². The molecular formula is C16H23F3N2O2. The zero-order chi connectivity index (χ0) is 17.5. The predicted octanol–water partition coefficient (Wildman–Crippen LogP) is 3.01. The average Bonchev–Trinajstić information content (AvgIpc) is 2.53. The zero-order valence-electron chi connectivity index (χ0n) is 13.4. The van der Waals surface area contributed by atoms with Crippen molar-refractivity contribution in [2.75, 3.05) is 13.2 Å². The van der Waals surface area contributed by atoms with Crippen molar-refractivity contribution >= 4 is 5.91 Å². The number of alkyl halides is 3. The van der Waals surface area contributed by atoms with Crippen molar-refractivity contribution < 1.29 is 22.7 Å². The molecule has 4 nitrogen and oxygen atoms in total. The van der Waals surface area contributed by atoms with Gasteiger partial charge in [0.25, 0.3) is 0 Å². The van der Waals surface area contributed by atoms with Gasteiger partial charge in [0.05, 0.1) is 5.41 Å². The second-order valence-corrected chi connectivity index (χ2v) is 5.43. The van der Waals surface area contributed by atoms with Crippen LogP contribution in [0.1, 0.15) is 32.3 Å². The molecule has 0 radical (unpaired) electrons. The lowest BCUT2D eigenvalue weighted by Gasteiger charge is -2.28. The lowest BCUT2D eigenvalue weighted by molar-refractivity contribution is -0.153. The molecule has 7 heteroatoms. The Hall–Kier alpha value is -1.76. The molecule has 0 saturated heterocycles. The minimum absolute atomic E-state index is 0.116. The van der Waals surface area contributed by atoms with Gasteiger partial charge in [-0.25, -0.2) is 0 Å². The van der Waals surface area contributed by atoms with E-state index in [-0.39, 0.29) is 24.7 Å². The van der Waals surface area contributed by atoms with Crippen molar-refractivity contribution in [1.29, 1.82) is 0 Å². The minimum atomic E-state index is -4.38. The first kappa shape index (κ1) is 19.3. The summed E-state index contributed by atoms with van der Waals surface area (Å²) in [5.41, 5.74) is 5.77. The third-order valence-corrected chi connectivity index (χ3v) is 3.98. The Morgan fingerprint density at radius 1 is 1.26 bits per heavy atom. The van der Waals surface area contributed by atoms with Crippen molar-refractivity contribution in [1.82, 2.24) is 5.32 Å². The molecule has 1 aromatic carbocycles. The third-order valence-electron chi connectivity index (χ3n) is 3.98. The Labute approximate surface area is 134 Å². The topological polar surface area (TPSA) is 64.4 Å². The molecule has 0 aliphatic carbocycles. The highest BCUT2D eigenvalue weighted by molar-refractivity contribution is 5.82. The molecule has 0 unspecified atom stereocenters. The van der Waals surface area contributed by atoms with Gasteiger partial charge in [0.2, 0.25) is 5.91 Å². The lowest BCUT2D eigenvalue weighted by Crippen LogP contribution is -2.45. The number of benzene rings is 1. The first-order chi connectivity index (χ1) is 10.8. The molecule has 1 rings (SSSR count). The van der Waals surface area contributed by atoms with Gasteiger partial charge < -0.3 is 15.8 Å². The van der Waals surface area contributed by atoms with E-state index < -0.39 is 18.2 Å². The summed E-state index contributed by atoms with van der Waals surface area (Å²) in [6, 6.07) is 6.22. The molecule has 3 N–H and O–H groups in total. The van der Waals surface area contributed by atoms with Crippen LogP contribution in [-0.2, 0) is 11.3 Å². The number of rotatable bonds is 8. The highest BCUT2D eigenvalue weighted by Gasteiger charge is 2.33. The molecule has 1 aromatic rings. The molecular weight excluding hydrogens is 309 g/mol. The maximum Gasteiger partial charge on any atom is 0.422 e. The van der Waals surface area contributed by atoms with Crippen LogP contribution in [0.4, 0.5) is 13.2 Å². The summed E-state index contributed by atoms with van der Waals surface area (Å²) < 4.78 is 41.1. The average molecular weight is 332 g/mol. The highest BCUT2D eigenvalue weighted by Crippen LogP contribution is 2.25. The van der Waals surface area contributed by atoms with E-state index >= 15 is 0 Å². The number of carbonyl (C=O) groups excluding carboxylic acids is 1. The minimum Gasteiger partial charge on any atom is -0.484 e. The normalized spacial score (nSPS) is 12.1. The smallest absolute Gasteiger partial charge is 0.422 e. The Bertz CT molecular complexity index is 506. The number of ether oxygens (including phenoxy) is 1. The van der Waals surface area contributed by atoms with Gasteiger partial charge in [-0.2, -0.15) is 13.2 Å². The summed E-state index contributed by atoms with van der Waals surface area (Å²) in [6.45, 7) is 2.93. The Morgan fingerprint density at radius 2 is 1.91 bits per heavy atom. The second-order valence-electron chi connectivity index (χ2n) is 5.43. The van der Waals surface area contributed by atoms with Gasteiger partial charge in [0.1, 0.15) is 5.75 Å². The second kappa shape index (κ2) is 8.19. The summed E-state index contributed by atoms with van der Waals surface area (Å²) in [6.07, 6.45) is -3.13. The van der Waals surface area contributed by atoms with E-state index in [1.54, 1.807) is 12.1 Å². The molecule has 23 heavy (non-hydrogen) atoms. The van der Waals surface area contributed by atoms with Gasteiger partial charge in [-0.05, 0) is 30.5 Å². The largest absolute Gasteiger partial charge is 0.484 e. The van der Waals surface area contributed by atoms with Crippen molar-refractivity contribution in [2.24, 2.45) is 11.1 Å². The van der Waals surface area contributed by atoms with E-state index in [1.807, 2.05) is 13.8 Å². The number of hydrogen-bond acceptors (Lipinski definition) is 3. The van der Waals surface area contributed by atoms with Crippen LogP contribution in [0.3, 0.4) is 0 Å². The Balaban J connectivity index is 2.66. The Kier molecular flexibility index (Phi) is 6.87. The molecule has 0 fully saturated rings. The molecule has 0 aliphatic heterocycles. The number of nitrogens with one attached hydrogen (secondary N) is 1. The molecule has 1 amide bonds. The fourth-order valence-electron chi connectivity index (χ4n) is 2.23. The van der Waals surface area contributed by atoms with Gasteiger partial charge in [-0.1, -0.05) is 26.0 Å². The highest BCUT2D eigenvalue weighted by atomic mass is 19.4. The molecule has 0 heterocycles. The van der Waals surface area contributed by atoms with Gasteiger partial charge >= 0.3 is 6.18 Å².